The van der Waals surface area contributed by atoms with E-state index in [0.29, 0.717) is 11.3 Å². The molecule has 0 unspecified atom stereocenters. The van der Waals surface area contributed by atoms with E-state index in [1.54, 1.807) is 24.3 Å². The van der Waals surface area contributed by atoms with Gasteiger partial charge in [0.05, 0.1) is 25.5 Å². The van der Waals surface area contributed by atoms with Gasteiger partial charge in [0.25, 0.3) is 11.1 Å². The molecule has 3 amide bonds. The Hall–Kier alpha value is -3.60. The van der Waals surface area contributed by atoms with E-state index in [-0.39, 0.29) is 41.8 Å². The number of carbonyl (C=O) groups excluding carboxylic acids is 3. The highest BCUT2D eigenvalue weighted by molar-refractivity contribution is 8.18. The number of hydrogen-bond acceptors (Lipinski definition) is 7. The van der Waals surface area contributed by atoms with Gasteiger partial charge in [-0.05, 0) is 41.6 Å². The van der Waals surface area contributed by atoms with E-state index >= 15 is 0 Å². The smallest absolute Gasteiger partial charge is 0.387 e. The van der Waals surface area contributed by atoms with Gasteiger partial charge in [0.2, 0.25) is 5.91 Å². The second kappa shape index (κ2) is 11.5. The molecular weight excluding hydrogens is 470 g/mol. The number of ether oxygens (including phenoxy) is 3. The molecule has 2 aromatic carbocycles. The molecule has 180 valence electrons. The third-order valence-electron chi connectivity index (χ3n) is 4.78. The zero-order valence-corrected chi connectivity index (χ0v) is 19.2. The number of rotatable bonds is 10. The molecule has 3 rings (SSSR count). The van der Waals surface area contributed by atoms with Gasteiger partial charge >= 0.3 is 6.61 Å². The summed E-state index contributed by atoms with van der Waals surface area (Å²) in [6.45, 7) is -2.91. The van der Waals surface area contributed by atoms with Crippen LogP contribution < -0.4 is 19.5 Å². The fourth-order valence-electron chi connectivity index (χ4n) is 3.20. The second-order valence-corrected chi connectivity index (χ2v) is 7.95. The Kier molecular flexibility index (Phi) is 8.47. The van der Waals surface area contributed by atoms with Crippen LogP contribution in [0, 0.1) is 0 Å². The first kappa shape index (κ1) is 25.0. The number of methoxy groups -OCH3 is 2. The normalized spacial score (nSPS) is 14.6. The number of alkyl halides is 2. The van der Waals surface area contributed by atoms with Gasteiger partial charge in [-0.15, -0.1) is 0 Å². The van der Waals surface area contributed by atoms with Crippen LogP contribution in [0.3, 0.4) is 0 Å². The molecular formula is C23H22F2N2O6S. The molecule has 1 aliphatic rings. The van der Waals surface area contributed by atoms with E-state index in [2.05, 4.69) is 10.1 Å². The molecule has 0 saturated carbocycles. The van der Waals surface area contributed by atoms with E-state index in [4.69, 9.17) is 9.47 Å². The lowest BCUT2D eigenvalue weighted by atomic mass is 10.1. The summed E-state index contributed by atoms with van der Waals surface area (Å²) >= 11 is 0.749. The Morgan fingerprint density at radius 2 is 1.82 bits per heavy atom. The maximum atomic E-state index is 12.7. The van der Waals surface area contributed by atoms with Crippen molar-refractivity contribution in [2.24, 2.45) is 0 Å². The predicted octanol–water partition coefficient (Wildman–Crippen LogP) is 3.70. The van der Waals surface area contributed by atoms with Gasteiger partial charge in [0.15, 0.2) is 11.5 Å². The van der Waals surface area contributed by atoms with Crippen LogP contribution in [0.5, 0.6) is 17.2 Å². The molecule has 1 N–H and O–H groups in total. The Bertz CT molecular complexity index is 1110. The van der Waals surface area contributed by atoms with Crippen molar-refractivity contribution in [3.63, 3.8) is 0 Å². The molecule has 0 atom stereocenters. The Morgan fingerprint density at radius 1 is 1.09 bits per heavy atom. The van der Waals surface area contributed by atoms with Crippen molar-refractivity contribution in [1.82, 2.24) is 10.2 Å². The number of para-hydroxylation sites is 1. The summed E-state index contributed by atoms with van der Waals surface area (Å²) in [7, 11) is 2.82. The molecule has 34 heavy (non-hydrogen) atoms. The zero-order valence-electron chi connectivity index (χ0n) is 18.4. The first-order valence-corrected chi connectivity index (χ1v) is 10.9. The molecule has 0 aromatic heterocycles. The van der Waals surface area contributed by atoms with E-state index in [0.717, 1.165) is 22.2 Å². The molecule has 8 nitrogen and oxygen atoms in total. The SMILES string of the molecule is COc1ccccc1CC(=O)NCCN1C(=O)S/C(=C\c2ccc(OC(F)F)c(OC)c2)C1=O. The van der Waals surface area contributed by atoms with E-state index in [1.807, 2.05) is 0 Å². The van der Waals surface area contributed by atoms with Crippen molar-refractivity contribution in [2.75, 3.05) is 27.3 Å². The molecule has 1 heterocycles. The van der Waals surface area contributed by atoms with Crippen molar-refractivity contribution in [3.05, 3.63) is 58.5 Å². The van der Waals surface area contributed by atoms with Crippen LogP contribution >= 0.6 is 11.8 Å². The summed E-state index contributed by atoms with van der Waals surface area (Å²) in [5.41, 5.74) is 1.19. The molecule has 1 saturated heterocycles. The molecule has 0 aliphatic carbocycles. The fourth-order valence-corrected chi connectivity index (χ4v) is 4.07. The third-order valence-corrected chi connectivity index (χ3v) is 5.68. The topological polar surface area (TPSA) is 94.2 Å². The first-order valence-electron chi connectivity index (χ1n) is 10.1. The van der Waals surface area contributed by atoms with Crippen LogP contribution in [0.2, 0.25) is 0 Å². The molecule has 1 aliphatic heterocycles. The van der Waals surface area contributed by atoms with Gasteiger partial charge in [-0.25, -0.2) is 0 Å². The molecule has 2 aromatic rings. The van der Waals surface area contributed by atoms with Crippen LogP contribution in [-0.2, 0) is 16.0 Å². The number of halogens is 2. The van der Waals surface area contributed by atoms with Gasteiger partial charge in [0, 0.05) is 18.7 Å². The van der Waals surface area contributed by atoms with Crippen LogP contribution in [-0.4, -0.2) is 55.9 Å². The number of carbonyl (C=O) groups is 3. The van der Waals surface area contributed by atoms with Crippen molar-refractivity contribution >= 4 is 34.9 Å². The molecule has 0 bridgehead atoms. The van der Waals surface area contributed by atoms with Crippen molar-refractivity contribution in [1.29, 1.82) is 0 Å². The molecule has 11 heteroatoms. The number of hydrogen-bond donors (Lipinski definition) is 1. The number of benzene rings is 2. The second-order valence-electron chi connectivity index (χ2n) is 6.96. The van der Waals surface area contributed by atoms with E-state index in [1.165, 1.54) is 38.5 Å². The minimum atomic E-state index is -3.01. The minimum Gasteiger partial charge on any atom is -0.496 e. The largest absolute Gasteiger partial charge is 0.496 e. The predicted molar refractivity (Wildman–Crippen MR) is 122 cm³/mol. The van der Waals surface area contributed by atoms with Crippen molar-refractivity contribution in [2.45, 2.75) is 13.0 Å². The van der Waals surface area contributed by atoms with Crippen LogP contribution in [0.25, 0.3) is 6.08 Å². The maximum absolute atomic E-state index is 12.7. The fraction of sp³-hybridized carbons (Fsp3) is 0.261. The van der Waals surface area contributed by atoms with Crippen molar-refractivity contribution in [3.8, 4) is 17.2 Å². The standard InChI is InChI=1S/C23H22F2N2O6S/c1-31-16-6-4-3-5-15(16)13-20(28)26-9-10-27-21(29)19(34-23(27)30)12-14-7-8-17(33-22(24)25)18(11-14)32-2/h3-8,11-12,22H,9-10,13H2,1-2H3,(H,26,28)/b19-12-. The lowest BCUT2D eigenvalue weighted by molar-refractivity contribution is -0.124. The molecule has 0 spiro atoms. The Labute approximate surface area is 198 Å². The summed E-state index contributed by atoms with van der Waals surface area (Å²) in [6.07, 6.45) is 1.55. The maximum Gasteiger partial charge on any atom is 0.387 e. The van der Waals surface area contributed by atoms with Gasteiger partial charge in [-0.2, -0.15) is 8.78 Å². The van der Waals surface area contributed by atoms with Gasteiger partial charge in [-0.3, -0.25) is 19.3 Å². The highest BCUT2D eigenvalue weighted by atomic mass is 32.2. The highest BCUT2D eigenvalue weighted by Crippen LogP contribution is 2.34. The third kappa shape index (κ3) is 6.25. The summed E-state index contributed by atoms with van der Waals surface area (Å²) in [6, 6.07) is 11.3. The Balaban J connectivity index is 1.59. The number of imide groups is 1. The Morgan fingerprint density at radius 3 is 2.53 bits per heavy atom. The number of amides is 3. The molecule has 1 fully saturated rings. The van der Waals surface area contributed by atoms with Crippen molar-refractivity contribution < 1.29 is 37.4 Å². The minimum absolute atomic E-state index is 0.00413. The monoisotopic (exact) mass is 492 g/mol. The van der Waals surface area contributed by atoms with E-state index in [9.17, 15) is 23.2 Å². The first-order chi connectivity index (χ1) is 16.3. The highest BCUT2D eigenvalue weighted by Gasteiger charge is 2.34. The number of thioether (sulfide) groups is 1. The van der Waals surface area contributed by atoms with Crippen LogP contribution in [0.1, 0.15) is 11.1 Å². The summed E-state index contributed by atoms with van der Waals surface area (Å²) < 4.78 is 39.6. The quantitative estimate of drug-likeness (QED) is 0.506. The summed E-state index contributed by atoms with van der Waals surface area (Å²) in [5.74, 6) is -0.275. The average molecular weight is 493 g/mol. The average Bonchev–Trinajstić information content (AvgIpc) is 3.07. The zero-order chi connectivity index (χ0) is 24.7. The lowest BCUT2D eigenvalue weighted by Crippen LogP contribution is -2.37. The van der Waals surface area contributed by atoms with E-state index < -0.39 is 17.8 Å². The van der Waals surface area contributed by atoms with Crippen LogP contribution in [0.4, 0.5) is 13.6 Å². The van der Waals surface area contributed by atoms with Gasteiger partial charge in [0.1, 0.15) is 5.75 Å². The number of nitrogens with zero attached hydrogens (tertiary/aromatic N) is 1. The summed E-state index contributed by atoms with van der Waals surface area (Å²) in [5, 5.41) is 2.22. The van der Waals surface area contributed by atoms with Gasteiger partial charge < -0.3 is 19.5 Å². The number of nitrogens with one attached hydrogen (secondary N) is 1. The summed E-state index contributed by atoms with van der Waals surface area (Å²) in [4.78, 5) is 38.4. The lowest BCUT2D eigenvalue weighted by Gasteiger charge is -2.13. The van der Waals surface area contributed by atoms with Crippen LogP contribution in [0.15, 0.2) is 47.4 Å². The van der Waals surface area contributed by atoms with Gasteiger partial charge in [-0.1, -0.05) is 24.3 Å². The molecule has 0 radical (unpaired) electrons.